The Bertz CT molecular complexity index is 1030. The lowest BCUT2D eigenvalue weighted by atomic mass is 9.47. The molecule has 0 spiro atoms. The second-order valence-electron chi connectivity index (χ2n) is 9.77. The van der Waals surface area contributed by atoms with Crippen molar-refractivity contribution in [3.63, 3.8) is 0 Å². The minimum atomic E-state index is -0.631. The zero-order valence-electron chi connectivity index (χ0n) is 17.6. The zero-order valence-corrected chi connectivity index (χ0v) is 18.4. The van der Waals surface area contributed by atoms with Gasteiger partial charge in [-0.2, -0.15) is 0 Å². The first-order chi connectivity index (χ1) is 14.8. The van der Waals surface area contributed by atoms with Crippen LogP contribution < -0.4 is 0 Å². The van der Waals surface area contributed by atoms with Gasteiger partial charge in [0.15, 0.2) is 0 Å². The summed E-state index contributed by atoms with van der Waals surface area (Å²) >= 11 is 1.15. The number of carbonyl (C=O) groups is 2. The van der Waals surface area contributed by atoms with Gasteiger partial charge in [-0.1, -0.05) is 6.07 Å². The summed E-state index contributed by atoms with van der Waals surface area (Å²) < 4.78 is 25.9. The monoisotopic (exact) mass is 446 g/mol. The van der Waals surface area contributed by atoms with Gasteiger partial charge in [-0.3, -0.25) is 4.79 Å². The summed E-state index contributed by atoms with van der Waals surface area (Å²) in [6.45, 7) is 1.76. The van der Waals surface area contributed by atoms with Crippen molar-refractivity contribution in [2.75, 3.05) is 6.61 Å². The van der Waals surface area contributed by atoms with Crippen LogP contribution in [0.4, 0.5) is 4.39 Å². The number of rotatable bonds is 6. The van der Waals surface area contributed by atoms with Gasteiger partial charge in [-0.15, -0.1) is 11.3 Å². The second kappa shape index (κ2) is 7.55. The first kappa shape index (κ1) is 20.9. The Morgan fingerprint density at radius 3 is 2.61 bits per heavy atom. The van der Waals surface area contributed by atoms with Crippen LogP contribution in [0, 0.1) is 23.1 Å². The summed E-state index contributed by atoms with van der Waals surface area (Å²) in [5.74, 6) is -0.346. The molecule has 6 rings (SSSR count). The van der Waals surface area contributed by atoms with Crippen LogP contribution in [0.15, 0.2) is 18.2 Å². The van der Waals surface area contributed by atoms with Crippen molar-refractivity contribution in [3.05, 3.63) is 34.5 Å². The molecule has 1 aromatic carbocycles. The van der Waals surface area contributed by atoms with Gasteiger partial charge in [0.2, 0.25) is 0 Å². The van der Waals surface area contributed by atoms with Crippen LogP contribution in [0.2, 0.25) is 0 Å². The molecule has 4 saturated carbocycles. The molecule has 2 atom stereocenters. The molecule has 5 nitrogen and oxygen atoms in total. The predicted molar refractivity (Wildman–Crippen MR) is 114 cm³/mol. The number of benzene rings is 1. The molecule has 0 unspecified atom stereocenters. The van der Waals surface area contributed by atoms with Crippen molar-refractivity contribution in [1.29, 1.82) is 0 Å². The van der Waals surface area contributed by atoms with E-state index in [-0.39, 0.29) is 35.9 Å². The van der Waals surface area contributed by atoms with Crippen LogP contribution in [-0.2, 0) is 20.9 Å². The highest BCUT2D eigenvalue weighted by Crippen LogP contribution is 2.62. The molecule has 0 aliphatic heterocycles. The van der Waals surface area contributed by atoms with Crippen LogP contribution in [-0.4, -0.2) is 29.3 Å². The van der Waals surface area contributed by atoms with Crippen LogP contribution >= 0.6 is 11.3 Å². The molecule has 1 aromatic heterocycles. The van der Waals surface area contributed by atoms with E-state index in [1.54, 1.807) is 19.1 Å². The van der Waals surface area contributed by atoms with Gasteiger partial charge >= 0.3 is 11.9 Å². The molecule has 4 aliphatic carbocycles. The standard InChI is InChI=1S/C24H27FO5S/c1-2-29-22(27)21-16(20-17(25)4-3-5-18(20)31-21)12-30-19(26)11-23-7-14-6-15(8-23)10-24(28,9-14)13-23/h3-5,14-15,28H,2,6-13H2,1H3/t14-,15-,23?,24?/m1/s1. The average Bonchev–Trinajstić information content (AvgIpc) is 3.04. The Hall–Kier alpha value is -1.99. The lowest BCUT2D eigenvalue weighted by Crippen LogP contribution is -2.56. The summed E-state index contributed by atoms with van der Waals surface area (Å²) in [5, 5.41) is 11.2. The molecule has 7 heteroatoms. The quantitative estimate of drug-likeness (QED) is 0.634. The van der Waals surface area contributed by atoms with E-state index in [2.05, 4.69) is 0 Å². The Morgan fingerprint density at radius 1 is 1.19 bits per heavy atom. The normalized spacial score (nSPS) is 31.2. The topological polar surface area (TPSA) is 72.8 Å². The summed E-state index contributed by atoms with van der Waals surface area (Å²) in [6.07, 6.45) is 5.71. The van der Waals surface area contributed by atoms with Crippen LogP contribution in [0.5, 0.6) is 0 Å². The molecule has 1 N–H and O–H groups in total. The highest BCUT2D eigenvalue weighted by atomic mass is 32.1. The highest BCUT2D eigenvalue weighted by Gasteiger charge is 2.57. The molecule has 0 radical (unpaired) electrons. The molecular formula is C24H27FO5S. The van der Waals surface area contributed by atoms with Crippen molar-refractivity contribution in [2.45, 2.75) is 64.1 Å². The lowest BCUT2D eigenvalue weighted by Gasteiger charge is -2.60. The molecule has 0 amide bonds. The van der Waals surface area contributed by atoms with E-state index in [9.17, 15) is 19.1 Å². The fourth-order valence-electron chi connectivity index (χ4n) is 6.79. The number of hydrogen-bond acceptors (Lipinski definition) is 6. The second-order valence-corrected chi connectivity index (χ2v) is 10.8. The van der Waals surface area contributed by atoms with Crippen molar-refractivity contribution in [3.8, 4) is 0 Å². The van der Waals surface area contributed by atoms with Gasteiger partial charge < -0.3 is 14.6 Å². The lowest BCUT2D eigenvalue weighted by molar-refractivity contribution is -0.177. The highest BCUT2D eigenvalue weighted by molar-refractivity contribution is 7.21. The fourth-order valence-corrected chi connectivity index (χ4v) is 7.90. The van der Waals surface area contributed by atoms with E-state index in [0.717, 1.165) is 43.4 Å². The third-order valence-electron chi connectivity index (χ3n) is 7.27. The molecule has 0 saturated heterocycles. The SMILES string of the molecule is CCOC(=O)c1sc2cccc(F)c2c1COC(=O)CC12C[C@H]3C[C@@H](CC(O)(C3)C1)C2. The van der Waals surface area contributed by atoms with Crippen molar-refractivity contribution >= 4 is 33.4 Å². The van der Waals surface area contributed by atoms with E-state index in [1.165, 1.54) is 6.07 Å². The van der Waals surface area contributed by atoms with Crippen LogP contribution in [0.25, 0.3) is 10.1 Å². The maximum atomic E-state index is 14.5. The minimum absolute atomic E-state index is 0.166. The van der Waals surface area contributed by atoms with Gasteiger partial charge in [0.25, 0.3) is 0 Å². The van der Waals surface area contributed by atoms with Crippen molar-refractivity contribution in [2.24, 2.45) is 17.3 Å². The number of fused-ring (bicyclic) bond motifs is 1. The number of esters is 2. The summed E-state index contributed by atoms with van der Waals surface area (Å²) in [4.78, 5) is 25.5. The number of carbonyl (C=O) groups excluding carboxylic acids is 2. The Labute approximate surface area is 184 Å². The predicted octanol–water partition coefficient (Wildman–Crippen LogP) is 4.98. The minimum Gasteiger partial charge on any atom is -0.462 e. The zero-order chi connectivity index (χ0) is 21.8. The van der Waals surface area contributed by atoms with Gasteiger partial charge in [-0.05, 0) is 74.8 Å². The molecular weight excluding hydrogens is 419 g/mol. The third-order valence-corrected chi connectivity index (χ3v) is 8.45. The van der Waals surface area contributed by atoms with Crippen LogP contribution in [0.3, 0.4) is 0 Å². The Kier molecular flexibility index (Phi) is 5.09. The molecule has 4 aliphatic rings. The largest absolute Gasteiger partial charge is 0.462 e. The van der Waals surface area contributed by atoms with E-state index in [0.29, 0.717) is 33.9 Å². The fraction of sp³-hybridized carbons (Fsp3) is 0.583. The van der Waals surface area contributed by atoms with E-state index in [4.69, 9.17) is 9.47 Å². The van der Waals surface area contributed by atoms with Gasteiger partial charge in [0.1, 0.15) is 17.3 Å². The maximum absolute atomic E-state index is 14.5. The molecule has 4 bridgehead atoms. The van der Waals surface area contributed by atoms with Crippen molar-refractivity contribution in [1.82, 2.24) is 0 Å². The van der Waals surface area contributed by atoms with Gasteiger partial charge in [-0.25, -0.2) is 9.18 Å². The summed E-state index contributed by atoms with van der Waals surface area (Å²) in [7, 11) is 0. The third kappa shape index (κ3) is 3.76. The van der Waals surface area contributed by atoms with Gasteiger partial charge in [0.05, 0.1) is 18.6 Å². The molecule has 1 heterocycles. The van der Waals surface area contributed by atoms with Crippen LogP contribution in [0.1, 0.15) is 67.1 Å². The first-order valence-electron chi connectivity index (χ1n) is 11.0. The first-order valence-corrected chi connectivity index (χ1v) is 11.9. The number of hydrogen-bond donors (Lipinski definition) is 1. The van der Waals surface area contributed by atoms with E-state index >= 15 is 0 Å². The molecule has 2 aromatic rings. The number of aliphatic hydroxyl groups is 1. The Balaban J connectivity index is 1.35. The van der Waals surface area contributed by atoms with Gasteiger partial charge in [0, 0.05) is 15.6 Å². The summed E-state index contributed by atoms with van der Waals surface area (Å²) in [6, 6.07) is 4.68. The number of ether oxygens (including phenoxy) is 2. The average molecular weight is 447 g/mol. The number of thiophene rings is 1. The Morgan fingerprint density at radius 2 is 1.94 bits per heavy atom. The summed E-state index contributed by atoms with van der Waals surface area (Å²) in [5.41, 5.74) is -0.454. The smallest absolute Gasteiger partial charge is 0.348 e. The van der Waals surface area contributed by atoms with Crippen molar-refractivity contribution < 1.29 is 28.6 Å². The molecule has 166 valence electrons. The van der Waals surface area contributed by atoms with E-state index < -0.39 is 17.4 Å². The molecule has 31 heavy (non-hydrogen) atoms. The maximum Gasteiger partial charge on any atom is 0.348 e. The van der Waals surface area contributed by atoms with E-state index in [1.807, 2.05) is 0 Å². The number of halogens is 1. The molecule has 4 fully saturated rings.